The Morgan fingerprint density at radius 3 is 2.72 bits per heavy atom. The Labute approximate surface area is 189 Å². The van der Waals surface area contributed by atoms with Crippen molar-refractivity contribution in [3.05, 3.63) is 66.3 Å². The first-order valence-electron chi connectivity index (χ1n) is 10.5. The third-order valence-corrected chi connectivity index (χ3v) is 5.23. The number of nitrogens with two attached hydrogens (primary N) is 1. The molecule has 8 nitrogen and oxygen atoms in total. The quantitative estimate of drug-likeness (QED) is 0.476. The van der Waals surface area contributed by atoms with Crippen molar-refractivity contribution in [2.24, 2.45) is 11.7 Å². The number of carbonyl (C=O) groups excluding carboxylic acids is 2. The number of hydrogen-bond donors (Lipinski definition) is 2. The van der Waals surface area contributed by atoms with Crippen LogP contribution in [0.5, 0.6) is 5.75 Å². The number of aryl methyl sites for hydroxylation is 1. The number of nitrogens with zero attached hydrogens (tertiary/aromatic N) is 2. The van der Waals surface area contributed by atoms with E-state index in [-0.39, 0.29) is 17.8 Å². The van der Waals surface area contributed by atoms with Gasteiger partial charge in [0.15, 0.2) is 0 Å². The van der Waals surface area contributed by atoms with Crippen LogP contribution >= 0.6 is 0 Å². The lowest BCUT2D eigenvalue weighted by atomic mass is 9.91. The fourth-order valence-corrected chi connectivity index (χ4v) is 3.48. The average molecular weight is 441 g/mol. The highest BCUT2D eigenvalue weighted by molar-refractivity contribution is 5.89. The number of ether oxygens (including phenoxy) is 2. The second-order valence-electron chi connectivity index (χ2n) is 7.75. The van der Waals surface area contributed by atoms with Gasteiger partial charge in [0.05, 0.1) is 24.7 Å². The molecule has 0 saturated carbocycles. The summed E-state index contributed by atoms with van der Waals surface area (Å²) in [6.07, 6.45) is 7.77. The van der Waals surface area contributed by atoms with E-state index in [1.807, 2.05) is 6.07 Å². The Morgan fingerprint density at radius 1 is 1.31 bits per heavy atom. The molecule has 1 aliphatic rings. The van der Waals surface area contributed by atoms with Crippen LogP contribution in [0.3, 0.4) is 0 Å². The van der Waals surface area contributed by atoms with Gasteiger partial charge in [-0.25, -0.2) is 4.79 Å². The van der Waals surface area contributed by atoms with E-state index in [0.29, 0.717) is 5.82 Å². The molecule has 2 heterocycles. The third-order valence-electron chi connectivity index (χ3n) is 5.23. The summed E-state index contributed by atoms with van der Waals surface area (Å²) in [5.41, 5.74) is 8.22. The fourth-order valence-electron chi connectivity index (χ4n) is 3.48. The number of hydrogen-bond acceptors (Lipinski definition) is 8. The molecule has 2 aromatic rings. The molecule has 1 aromatic heterocycles. The average Bonchev–Trinajstić information content (AvgIpc) is 2.79. The van der Waals surface area contributed by atoms with E-state index in [1.165, 1.54) is 63.5 Å². The van der Waals surface area contributed by atoms with Gasteiger partial charge in [-0.15, -0.1) is 0 Å². The van der Waals surface area contributed by atoms with Crippen molar-refractivity contribution < 1.29 is 19.1 Å². The molecular formula is C24H32N4O4. The minimum Gasteiger partial charge on any atom is -0.465 e. The van der Waals surface area contributed by atoms with Crippen LogP contribution in [0.15, 0.2) is 55.1 Å². The Balaban J connectivity index is 0.000000244. The number of methoxy groups -OCH3 is 1. The summed E-state index contributed by atoms with van der Waals surface area (Å²) in [5.74, 6) is 1.06. The van der Waals surface area contributed by atoms with Crippen LogP contribution in [0.1, 0.15) is 35.2 Å². The van der Waals surface area contributed by atoms with Crippen LogP contribution in [-0.2, 0) is 16.0 Å². The largest absolute Gasteiger partial charge is 0.465 e. The van der Waals surface area contributed by atoms with Crippen molar-refractivity contribution in [1.82, 2.24) is 9.88 Å². The second kappa shape index (κ2) is 13.1. The predicted molar refractivity (Wildman–Crippen MR) is 124 cm³/mol. The van der Waals surface area contributed by atoms with Gasteiger partial charge in [0.1, 0.15) is 5.75 Å². The van der Waals surface area contributed by atoms with Crippen molar-refractivity contribution in [2.75, 3.05) is 32.6 Å². The maximum atomic E-state index is 11.0. The number of rotatable bonds is 8. The molecule has 0 unspecified atom stereocenters. The van der Waals surface area contributed by atoms with Crippen molar-refractivity contribution >= 4 is 18.1 Å². The standard InChI is InChI=1S/C16H25N3.C8H7NO4/c1-13(17)18-16-5-3-4-15(12-16)7-6-14-8-10-19(2)11-9-14;1-12-8(11)6-2-7(13-5-10)4-9-3-6/h3-5,12,14,18H,1,6-11,17H2,2H3;2-5H,1H3. The number of anilines is 1. The van der Waals surface area contributed by atoms with Gasteiger partial charge in [0.25, 0.3) is 6.47 Å². The molecule has 32 heavy (non-hydrogen) atoms. The normalized spacial score (nSPS) is 13.9. The molecule has 1 saturated heterocycles. The number of pyridine rings is 1. The lowest BCUT2D eigenvalue weighted by Gasteiger charge is -2.28. The number of aromatic nitrogens is 1. The SMILES string of the molecule is C=C(N)Nc1cccc(CCC2CCN(C)CC2)c1.COC(=O)c1cncc(OC=O)c1. The first-order chi connectivity index (χ1) is 15.4. The maximum Gasteiger partial charge on any atom is 0.339 e. The molecule has 3 N–H and O–H groups in total. The highest BCUT2D eigenvalue weighted by Crippen LogP contribution is 2.22. The second-order valence-corrected chi connectivity index (χ2v) is 7.75. The first-order valence-corrected chi connectivity index (χ1v) is 10.5. The van der Waals surface area contributed by atoms with Crippen LogP contribution in [0.25, 0.3) is 0 Å². The Kier molecular flexibility index (Phi) is 10.2. The molecule has 0 atom stereocenters. The Morgan fingerprint density at radius 2 is 2.06 bits per heavy atom. The Bertz CT molecular complexity index is 895. The maximum absolute atomic E-state index is 11.0. The number of carbonyl (C=O) groups is 2. The van der Waals surface area contributed by atoms with Gasteiger partial charge in [-0.1, -0.05) is 18.7 Å². The molecule has 0 aliphatic carbocycles. The molecule has 0 bridgehead atoms. The molecule has 0 radical (unpaired) electrons. The zero-order valence-corrected chi connectivity index (χ0v) is 18.8. The lowest BCUT2D eigenvalue weighted by Crippen LogP contribution is -2.30. The third kappa shape index (κ3) is 8.77. The predicted octanol–water partition coefficient (Wildman–Crippen LogP) is 3.21. The van der Waals surface area contributed by atoms with Gasteiger partial charge >= 0.3 is 5.97 Å². The van der Waals surface area contributed by atoms with Crippen LogP contribution in [0, 0.1) is 5.92 Å². The van der Waals surface area contributed by atoms with Gasteiger partial charge in [-0.05, 0) is 75.5 Å². The van der Waals surface area contributed by atoms with Crippen LogP contribution < -0.4 is 15.8 Å². The molecule has 8 heteroatoms. The van der Waals surface area contributed by atoms with E-state index in [0.717, 1.165) is 18.0 Å². The van der Waals surface area contributed by atoms with Crippen LogP contribution in [0.4, 0.5) is 5.69 Å². The molecule has 3 rings (SSSR count). The van der Waals surface area contributed by atoms with Crippen molar-refractivity contribution in [1.29, 1.82) is 0 Å². The van der Waals surface area contributed by atoms with E-state index in [2.05, 4.69) is 56.5 Å². The summed E-state index contributed by atoms with van der Waals surface area (Å²) in [6, 6.07) is 9.84. The van der Waals surface area contributed by atoms with E-state index < -0.39 is 5.97 Å². The summed E-state index contributed by atoms with van der Waals surface area (Å²) in [7, 11) is 3.47. The molecule has 1 aromatic carbocycles. The zero-order valence-electron chi connectivity index (χ0n) is 18.8. The van der Waals surface area contributed by atoms with E-state index >= 15 is 0 Å². The number of esters is 1. The summed E-state index contributed by atoms with van der Waals surface area (Å²) in [6.45, 7) is 6.43. The molecule has 1 fully saturated rings. The molecule has 0 spiro atoms. The van der Waals surface area contributed by atoms with E-state index in [9.17, 15) is 9.59 Å². The molecule has 172 valence electrons. The number of benzene rings is 1. The summed E-state index contributed by atoms with van der Waals surface area (Å²) < 4.78 is 8.94. The number of piperidine rings is 1. The van der Waals surface area contributed by atoms with Gasteiger partial charge in [0, 0.05) is 11.9 Å². The van der Waals surface area contributed by atoms with E-state index in [4.69, 9.17) is 5.73 Å². The monoisotopic (exact) mass is 440 g/mol. The molecular weight excluding hydrogens is 408 g/mol. The molecule has 1 aliphatic heterocycles. The lowest BCUT2D eigenvalue weighted by molar-refractivity contribution is -0.120. The first kappa shape index (κ1) is 24.9. The van der Waals surface area contributed by atoms with Crippen LogP contribution in [-0.4, -0.2) is 49.6 Å². The minimum absolute atomic E-state index is 0.206. The number of likely N-dealkylation sites (tertiary alicyclic amines) is 1. The van der Waals surface area contributed by atoms with Gasteiger partial charge in [-0.3, -0.25) is 9.78 Å². The van der Waals surface area contributed by atoms with Crippen LogP contribution in [0.2, 0.25) is 0 Å². The van der Waals surface area contributed by atoms with Crippen molar-refractivity contribution in [3.63, 3.8) is 0 Å². The van der Waals surface area contributed by atoms with E-state index in [1.54, 1.807) is 0 Å². The summed E-state index contributed by atoms with van der Waals surface area (Å²) in [4.78, 5) is 27.0. The van der Waals surface area contributed by atoms with Gasteiger partial charge in [0.2, 0.25) is 0 Å². The highest BCUT2D eigenvalue weighted by atomic mass is 16.5. The smallest absolute Gasteiger partial charge is 0.339 e. The van der Waals surface area contributed by atoms with Crippen molar-refractivity contribution in [3.8, 4) is 5.75 Å². The fraction of sp³-hybridized carbons (Fsp3) is 0.375. The van der Waals surface area contributed by atoms with Crippen molar-refractivity contribution in [2.45, 2.75) is 25.7 Å². The topological polar surface area (TPSA) is 107 Å². The Hall–Kier alpha value is -3.39. The van der Waals surface area contributed by atoms with Gasteiger partial charge in [-0.2, -0.15) is 0 Å². The minimum atomic E-state index is -0.524. The zero-order chi connectivity index (χ0) is 23.3. The number of nitrogens with one attached hydrogen (secondary N) is 1. The highest BCUT2D eigenvalue weighted by Gasteiger charge is 2.16. The van der Waals surface area contributed by atoms with Gasteiger partial charge < -0.3 is 25.4 Å². The summed E-state index contributed by atoms with van der Waals surface area (Å²) in [5, 5.41) is 3.07. The molecule has 0 amide bonds. The summed E-state index contributed by atoms with van der Waals surface area (Å²) >= 11 is 0.